The number of carbonyl (C=O) groups is 4. The van der Waals surface area contributed by atoms with E-state index in [1.807, 2.05) is 6.92 Å². The Hall–Kier alpha value is -4.66. The highest BCUT2D eigenvalue weighted by Gasteiger charge is 2.35. The number of nitrogens with zero attached hydrogens (tertiary/aromatic N) is 1. The van der Waals surface area contributed by atoms with Gasteiger partial charge in [0.25, 0.3) is 17.7 Å². The molecule has 0 spiro atoms. The molecule has 0 radical (unpaired) electrons. The molecule has 3 aromatic rings. The fourth-order valence-corrected chi connectivity index (χ4v) is 3.82. The molecule has 0 aromatic heterocycles. The molecule has 9 heteroatoms. The van der Waals surface area contributed by atoms with Gasteiger partial charge in [0.1, 0.15) is 17.1 Å². The van der Waals surface area contributed by atoms with E-state index < -0.39 is 30.3 Å². The number of amides is 3. The van der Waals surface area contributed by atoms with Gasteiger partial charge >= 0.3 is 5.97 Å². The standard InChI is InChI=1S/C27H24N2O7/c1-3-35-23-11-7-6-10-21(23)28-24(30)16-36-27(33)20-14-17(12-13-22(20)34-2)15-29-25(31)18-8-4-5-9-19(18)26(29)32/h4-14H,3,15-16H2,1-2H3,(H,28,30). The third-order valence-electron chi connectivity index (χ3n) is 5.50. The molecule has 0 fully saturated rings. The lowest BCUT2D eigenvalue weighted by atomic mass is 10.1. The predicted molar refractivity (Wildman–Crippen MR) is 130 cm³/mol. The van der Waals surface area contributed by atoms with Gasteiger partial charge in [0.2, 0.25) is 0 Å². The normalized spacial score (nSPS) is 12.2. The van der Waals surface area contributed by atoms with Crippen molar-refractivity contribution in [1.82, 2.24) is 4.90 Å². The maximum atomic E-state index is 12.8. The second-order valence-electron chi connectivity index (χ2n) is 7.83. The zero-order chi connectivity index (χ0) is 25.7. The van der Waals surface area contributed by atoms with E-state index in [1.165, 1.54) is 13.2 Å². The topological polar surface area (TPSA) is 111 Å². The van der Waals surface area contributed by atoms with Crippen LogP contribution < -0.4 is 14.8 Å². The van der Waals surface area contributed by atoms with E-state index >= 15 is 0 Å². The number of imide groups is 1. The smallest absolute Gasteiger partial charge is 0.342 e. The average molecular weight is 488 g/mol. The molecule has 1 heterocycles. The summed E-state index contributed by atoms with van der Waals surface area (Å²) < 4.78 is 15.9. The third-order valence-corrected chi connectivity index (χ3v) is 5.50. The average Bonchev–Trinajstić information content (AvgIpc) is 3.13. The summed E-state index contributed by atoms with van der Waals surface area (Å²) in [5, 5.41) is 2.65. The van der Waals surface area contributed by atoms with E-state index in [9.17, 15) is 19.2 Å². The van der Waals surface area contributed by atoms with Gasteiger partial charge < -0.3 is 19.5 Å². The molecular formula is C27H24N2O7. The lowest BCUT2D eigenvalue weighted by molar-refractivity contribution is -0.119. The molecule has 1 aliphatic heterocycles. The van der Waals surface area contributed by atoms with E-state index in [0.29, 0.717) is 34.7 Å². The van der Waals surface area contributed by atoms with Crippen molar-refractivity contribution >= 4 is 29.4 Å². The van der Waals surface area contributed by atoms with Crippen molar-refractivity contribution < 1.29 is 33.4 Å². The summed E-state index contributed by atoms with van der Waals surface area (Å²) in [7, 11) is 1.40. The first-order valence-corrected chi connectivity index (χ1v) is 11.2. The van der Waals surface area contributed by atoms with Gasteiger partial charge in [0.15, 0.2) is 6.61 Å². The Bertz CT molecular complexity index is 1300. The number of carbonyl (C=O) groups excluding carboxylic acids is 4. The molecule has 0 atom stereocenters. The Morgan fingerprint density at radius 1 is 0.889 bits per heavy atom. The van der Waals surface area contributed by atoms with Gasteiger partial charge in [0, 0.05) is 0 Å². The lowest BCUT2D eigenvalue weighted by Gasteiger charge is -2.16. The molecule has 0 aliphatic carbocycles. The van der Waals surface area contributed by atoms with E-state index in [1.54, 1.807) is 60.7 Å². The summed E-state index contributed by atoms with van der Waals surface area (Å²) in [6, 6.07) is 18.2. The second-order valence-corrected chi connectivity index (χ2v) is 7.83. The van der Waals surface area contributed by atoms with Crippen LogP contribution >= 0.6 is 0 Å². The summed E-state index contributed by atoms with van der Waals surface area (Å²) in [6.45, 7) is 1.69. The summed E-state index contributed by atoms with van der Waals surface area (Å²) in [5.41, 5.74) is 1.72. The van der Waals surface area contributed by atoms with Crippen molar-refractivity contribution in [1.29, 1.82) is 0 Å². The molecule has 0 bridgehead atoms. The van der Waals surface area contributed by atoms with E-state index in [2.05, 4.69) is 5.32 Å². The number of hydrogen-bond donors (Lipinski definition) is 1. The first kappa shape index (κ1) is 24.5. The minimum Gasteiger partial charge on any atom is -0.496 e. The van der Waals surface area contributed by atoms with Crippen LogP contribution in [-0.4, -0.2) is 48.9 Å². The Balaban J connectivity index is 1.44. The highest BCUT2D eigenvalue weighted by Crippen LogP contribution is 2.27. The zero-order valence-electron chi connectivity index (χ0n) is 19.8. The molecule has 0 saturated carbocycles. The van der Waals surface area contributed by atoms with Crippen molar-refractivity contribution in [3.8, 4) is 11.5 Å². The Kier molecular flexibility index (Phi) is 7.29. The summed E-state index contributed by atoms with van der Waals surface area (Å²) >= 11 is 0. The first-order valence-electron chi connectivity index (χ1n) is 11.2. The van der Waals surface area contributed by atoms with E-state index in [-0.39, 0.29) is 17.9 Å². The molecule has 36 heavy (non-hydrogen) atoms. The van der Waals surface area contributed by atoms with Crippen LogP contribution in [0.25, 0.3) is 0 Å². The second kappa shape index (κ2) is 10.7. The number of methoxy groups -OCH3 is 1. The molecule has 3 aromatic carbocycles. The first-order chi connectivity index (χ1) is 17.4. The Morgan fingerprint density at radius 3 is 2.22 bits per heavy atom. The number of hydrogen-bond acceptors (Lipinski definition) is 7. The van der Waals surface area contributed by atoms with Crippen molar-refractivity contribution in [3.63, 3.8) is 0 Å². The molecule has 9 nitrogen and oxygen atoms in total. The molecular weight excluding hydrogens is 464 g/mol. The van der Waals surface area contributed by atoms with Crippen molar-refractivity contribution in [2.45, 2.75) is 13.5 Å². The van der Waals surface area contributed by atoms with Crippen LogP contribution in [0.15, 0.2) is 66.7 Å². The third kappa shape index (κ3) is 5.05. The zero-order valence-corrected chi connectivity index (χ0v) is 19.8. The monoisotopic (exact) mass is 488 g/mol. The number of fused-ring (bicyclic) bond motifs is 1. The number of esters is 1. The van der Waals surface area contributed by atoms with Crippen LogP contribution in [0, 0.1) is 0 Å². The Morgan fingerprint density at radius 2 is 1.56 bits per heavy atom. The largest absolute Gasteiger partial charge is 0.496 e. The number of benzene rings is 3. The molecule has 1 aliphatic rings. The van der Waals surface area contributed by atoms with Gasteiger partial charge in [-0.25, -0.2) is 4.79 Å². The summed E-state index contributed by atoms with van der Waals surface area (Å²) in [4.78, 5) is 51.7. The van der Waals surface area contributed by atoms with Crippen LogP contribution in [0.3, 0.4) is 0 Å². The molecule has 3 amide bonds. The van der Waals surface area contributed by atoms with Crippen LogP contribution in [0.4, 0.5) is 5.69 Å². The molecule has 0 saturated heterocycles. The van der Waals surface area contributed by atoms with Gasteiger partial charge in [0.05, 0.1) is 37.1 Å². The van der Waals surface area contributed by atoms with E-state index in [4.69, 9.17) is 14.2 Å². The molecule has 184 valence electrons. The highest BCUT2D eigenvalue weighted by atomic mass is 16.5. The summed E-state index contributed by atoms with van der Waals surface area (Å²) in [5.74, 6) is -1.41. The maximum Gasteiger partial charge on any atom is 0.342 e. The van der Waals surface area contributed by atoms with Gasteiger partial charge in [-0.15, -0.1) is 0 Å². The van der Waals surface area contributed by atoms with Crippen molar-refractivity contribution in [2.24, 2.45) is 0 Å². The number of ether oxygens (including phenoxy) is 3. The number of anilines is 1. The van der Waals surface area contributed by atoms with Gasteiger partial charge in [-0.2, -0.15) is 0 Å². The highest BCUT2D eigenvalue weighted by molar-refractivity contribution is 6.21. The number of para-hydroxylation sites is 2. The quantitative estimate of drug-likeness (QED) is 0.361. The van der Waals surface area contributed by atoms with Crippen LogP contribution in [-0.2, 0) is 16.1 Å². The minimum absolute atomic E-state index is 0.0364. The van der Waals surface area contributed by atoms with Crippen LogP contribution in [0.2, 0.25) is 0 Å². The van der Waals surface area contributed by atoms with Crippen molar-refractivity contribution in [3.05, 3.63) is 89.0 Å². The predicted octanol–water partition coefficient (Wildman–Crippen LogP) is 3.69. The lowest BCUT2D eigenvalue weighted by Crippen LogP contribution is -2.29. The summed E-state index contributed by atoms with van der Waals surface area (Å²) in [6.07, 6.45) is 0. The fraction of sp³-hybridized carbons (Fsp3) is 0.185. The molecule has 4 rings (SSSR count). The van der Waals surface area contributed by atoms with Gasteiger partial charge in [-0.05, 0) is 48.9 Å². The molecule has 1 N–H and O–H groups in total. The minimum atomic E-state index is -0.788. The number of rotatable bonds is 9. The van der Waals surface area contributed by atoms with Gasteiger partial charge in [-0.3, -0.25) is 19.3 Å². The Labute approximate surface area is 207 Å². The SMILES string of the molecule is CCOc1ccccc1NC(=O)COC(=O)c1cc(CN2C(=O)c3ccccc3C2=O)ccc1OC. The molecule has 0 unspecified atom stereocenters. The fourth-order valence-electron chi connectivity index (χ4n) is 3.82. The maximum absolute atomic E-state index is 12.8. The van der Waals surface area contributed by atoms with Crippen molar-refractivity contribution in [2.75, 3.05) is 25.6 Å². The van der Waals surface area contributed by atoms with Crippen LogP contribution in [0.1, 0.15) is 43.6 Å². The van der Waals surface area contributed by atoms with Gasteiger partial charge in [-0.1, -0.05) is 30.3 Å². The van der Waals surface area contributed by atoms with Crippen LogP contribution in [0.5, 0.6) is 11.5 Å². The number of nitrogens with one attached hydrogen (secondary N) is 1. The van der Waals surface area contributed by atoms with E-state index in [0.717, 1.165) is 4.90 Å².